The Balaban J connectivity index is 2.06. The van der Waals surface area contributed by atoms with E-state index in [0.717, 1.165) is 16.5 Å². The molecule has 0 aliphatic heterocycles. The Morgan fingerprint density at radius 2 is 1.62 bits per heavy atom. The zero-order valence-corrected chi connectivity index (χ0v) is 22.7. The number of hydrogen-bond donors (Lipinski definition) is 7. The number of carbonyl (C=O) groups excluding carboxylic acids is 3. The smallest absolute Gasteiger partial charge is 0.326 e. The number of aromatic amines is 1. The maximum Gasteiger partial charge on any atom is 0.326 e. The molecule has 5 atom stereocenters. The highest BCUT2D eigenvalue weighted by molar-refractivity contribution is 7.80. The van der Waals surface area contributed by atoms with E-state index in [1.165, 1.54) is 0 Å². The Labute approximate surface area is 222 Å². The summed E-state index contributed by atoms with van der Waals surface area (Å²) in [5, 5.41) is 18.3. The van der Waals surface area contributed by atoms with E-state index >= 15 is 0 Å². The van der Waals surface area contributed by atoms with Crippen LogP contribution >= 0.6 is 12.6 Å². The van der Waals surface area contributed by atoms with Crippen molar-refractivity contribution in [2.24, 2.45) is 17.6 Å². The van der Waals surface area contributed by atoms with E-state index in [9.17, 15) is 24.3 Å². The van der Waals surface area contributed by atoms with Gasteiger partial charge in [0, 0.05) is 22.9 Å². The molecule has 204 valence electrons. The van der Waals surface area contributed by atoms with Crippen LogP contribution < -0.4 is 21.7 Å². The average molecular weight is 534 g/mol. The van der Waals surface area contributed by atoms with Crippen LogP contribution in [0.2, 0.25) is 0 Å². The minimum atomic E-state index is -1.14. The number of para-hydroxylation sites is 1. The first kappa shape index (κ1) is 30.2. The van der Waals surface area contributed by atoms with Crippen molar-refractivity contribution in [3.63, 3.8) is 0 Å². The lowest BCUT2D eigenvalue weighted by Gasteiger charge is -2.27. The Morgan fingerprint density at radius 1 is 1.00 bits per heavy atom. The van der Waals surface area contributed by atoms with Crippen LogP contribution in [0.3, 0.4) is 0 Å². The first-order valence-corrected chi connectivity index (χ1v) is 13.2. The molecule has 0 saturated heterocycles. The lowest BCUT2D eigenvalue weighted by molar-refractivity contribution is -0.144. The highest BCUT2D eigenvalue weighted by Crippen LogP contribution is 2.19. The van der Waals surface area contributed by atoms with Crippen molar-refractivity contribution in [3.8, 4) is 0 Å². The Morgan fingerprint density at radius 3 is 2.22 bits per heavy atom. The summed E-state index contributed by atoms with van der Waals surface area (Å²) >= 11 is 4.20. The van der Waals surface area contributed by atoms with Gasteiger partial charge >= 0.3 is 5.97 Å². The number of H-pyrrole nitrogens is 1. The fourth-order valence-electron chi connectivity index (χ4n) is 4.02. The van der Waals surface area contributed by atoms with E-state index in [0.29, 0.717) is 6.42 Å². The monoisotopic (exact) mass is 533 g/mol. The van der Waals surface area contributed by atoms with Gasteiger partial charge in [0.25, 0.3) is 0 Å². The standard InChI is InChI=1S/C26H39N5O5S/c1-5-15(4)22(26(35)36)31-24(33)20(10-14(2)3)29-25(34)21(13-37)30-23(32)18(27)11-16-12-28-19-9-7-6-8-17(16)19/h6-9,12,14-15,18,20-22,28,37H,5,10-11,13,27H2,1-4H3,(H,29,34)(H,30,32)(H,31,33)(H,35,36). The maximum atomic E-state index is 13.0. The van der Waals surface area contributed by atoms with Gasteiger partial charge in [0.15, 0.2) is 0 Å². The molecule has 0 aliphatic rings. The van der Waals surface area contributed by atoms with Crippen LogP contribution in [-0.2, 0) is 25.6 Å². The van der Waals surface area contributed by atoms with Crippen molar-refractivity contribution < 1.29 is 24.3 Å². The largest absolute Gasteiger partial charge is 0.480 e. The van der Waals surface area contributed by atoms with E-state index in [-0.39, 0.29) is 30.4 Å². The van der Waals surface area contributed by atoms with E-state index in [2.05, 4.69) is 33.6 Å². The molecule has 0 bridgehead atoms. The van der Waals surface area contributed by atoms with Crippen molar-refractivity contribution >= 4 is 47.2 Å². The number of hydrogen-bond acceptors (Lipinski definition) is 6. The molecular formula is C26H39N5O5S. The van der Waals surface area contributed by atoms with E-state index in [4.69, 9.17) is 5.73 Å². The number of carboxylic acids is 1. The number of thiol groups is 1. The first-order chi connectivity index (χ1) is 17.5. The molecule has 0 saturated carbocycles. The fraction of sp³-hybridized carbons (Fsp3) is 0.538. The van der Waals surface area contributed by atoms with Crippen molar-refractivity contribution in [2.75, 3.05) is 5.75 Å². The minimum absolute atomic E-state index is 0.0159. The van der Waals surface area contributed by atoms with E-state index < -0.39 is 47.9 Å². The normalized spacial score (nSPS) is 15.4. The Kier molecular flexibility index (Phi) is 11.4. The van der Waals surface area contributed by atoms with Gasteiger partial charge in [0.2, 0.25) is 17.7 Å². The van der Waals surface area contributed by atoms with Crippen molar-refractivity contribution in [1.82, 2.24) is 20.9 Å². The number of aliphatic carboxylic acids is 1. The van der Waals surface area contributed by atoms with Gasteiger partial charge in [-0.05, 0) is 36.3 Å². The number of rotatable bonds is 14. The van der Waals surface area contributed by atoms with Crippen LogP contribution in [0.15, 0.2) is 30.5 Å². The van der Waals surface area contributed by atoms with Crippen LogP contribution in [0.25, 0.3) is 10.9 Å². The van der Waals surface area contributed by atoms with Crippen LogP contribution in [0, 0.1) is 11.8 Å². The molecule has 37 heavy (non-hydrogen) atoms. The number of fused-ring (bicyclic) bond motifs is 1. The highest BCUT2D eigenvalue weighted by Gasteiger charge is 2.32. The van der Waals surface area contributed by atoms with Gasteiger partial charge in [0.1, 0.15) is 18.1 Å². The molecule has 0 fully saturated rings. The second kappa shape index (κ2) is 14.0. The summed E-state index contributed by atoms with van der Waals surface area (Å²) in [6.45, 7) is 7.35. The average Bonchev–Trinajstić information content (AvgIpc) is 3.26. The molecule has 2 aromatic rings. The molecule has 10 nitrogen and oxygen atoms in total. The number of carbonyl (C=O) groups is 4. The number of benzene rings is 1. The number of nitrogens with one attached hydrogen (secondary N) is 4. The number of nitrogens with two attached hydrogens (primary N) is 1. The molecule has 7 N–H and O–H groups in total. The molecule has 1 heterocycles. The van der Waals surface area contributed by atoms with Crippen LogP contribution in [0.5, 0.6) is 0 Å². The second-order valence-electron chi connectivity index (χ2n) is 9.81. The van der Waals surface area contributed by atoms with Gasteiger partial charge < -0.3 is 31.8 Å². The van der Waals surface area contributed by atoms with Gasteiger partial charge in [-0.3, -0.25) is 14.4 Å². The van der Waals surface area contributed by atoms with Crippen LogP contribution in [0.1, 0.15) is 46.1 Å². The summed E-state index contributed by atoms with van der Waals surface area (Å²) in [4.78, 5) is 53.6. The van der Waals surface area contributed by atoms with Crippen molar-refractivity contribution in [2.45, 2.75) is 71.1 Å². The SMILES string of the molecule is CCC(C)C(NC(=O)C(CC(C)C)NC(=O)C(CS)NC(=O)C(N)Cc1c[nH]c2ccccc12)C(=O)O. The number of carboxylic acid groups (broad SMARTS) is 1. The highest BCUT2D eigenvalue weighted by atomic mass is 32.1. The number of aromatic nitrogens is 1. The van der Waals surface area contributed by atoms with Gasteiger partial charge in [-0.1, -0.05) is 52.3 Å². The minimum Gasteiger partial charge on any atom is -0.480 e. The summed E-state index contributed by atoms with van der Waals surface area (Å²) in [5.74, 6) is -3.11. The zero-order valence-electron chi connectivity index (χ0n) is 21.8. The molecule has 0 radical (unpaired) electrons. The molecular weight excluding hydrogens is 494 g/mol. The fourth-order valence-corrected chi connectivity index (χ4v) is 4.27. The quantitative estimate of drug-likeness (QED) is 0.182. The lowest BCUT2D eigenvalue weighted by atomic mass is 9.97. The van der Waals surface area contributed by atoms with Crippen molar-refractivity contribution in [3.05, 3.63) is 36.0 Å². The maximum absolute atomic E-state index is 13.0. The predicted octanol–water partition coefficient (Wildman–Crippen LogP) is 1.60. The molecule has 5 unspecified atom stereocenters. The van der Waals surface area contributed by atoms with Gasteiger partial charge in [-0.2, -0.15) is 12.6 Å². The lowest BCUT2D eigenvalue weighted by Crippen LogP contribution is -2.58. The predicted molar refractivity (Wildman–Crippen MR) is 146 cm³/mol. The topological polar surface area (TPSA) is 166 Å². The second-order valence-corrected chi connectivity index (χ2v) is 10.2. The summed E-state index contributed by atoms with van der Waals surface area (Å²) in [6, 6.07) is 3.68. The zero-order chi connectivity index (χ0) is 27.7. The van der Waals surface area contributed by atoms with Crippen LogP contribution in [-0.4, -0.2) is 63.7 Å². The molecule has 0 aliphatic carbocycles. The molecule has 11 heteroatoms. The van der Waals surface area contributed by atoms with E-state index in [1.54, 1.807) is 13.1 Å². The third-order valence-electron chi connectivity index (χ3n) is 6.38. The third kappa shape index (κ3) is 8.50. The number of amides is 3. The summed E-state index contributed by atoms with van der Waals surface area (Å²) in [7, 11) is 0. The third-order valence-corrected chi connectivity index (χ3v) is 6.75. The Bertz CT molecular complexity index is 1090. The molecule has 1 aromatic carbocycles. The molecule has 2 rings (SSSR count). The van der Waals surface area contributed by atoms with E-state index in [1.807, 2.05) is 45.0 Å². The molecule has 1 aromatic heterocycles. The van der Waals surface area contributed by atoms with Crippen molar-refractivity contribution in [1.29, 1.82) is 0 Å². The van der Waals surface area contributed by atoms with Crippen LogP contribution in [0.4, 0.5) is 0 Å². The van der Waals surface area contributed by atoms with Gasteiger partial charge in [-0.25, -0.2) is 4.79 Å². The Hall–Kier alpha value is -3.05. The summed E-state index contributed by atoms with van der Waals surface area (Å²) in [6.07, 6.45) is 2.92. The molecule has 3 amide bonds. The summed E-state index contributed by atoms with van der Waals surface area (Å²) < 4.78 is 0. The molecule has 0 spiro atoms. The van der Waals surface area contributed by atoms with Gasteiger partial charge in [0.05, 0.1) is 6.04 Å². The summed E-state index contributed by atoms with van der Waals surface area (Å²) in [5.41, 5.74) is 7.96. The van der Waals surface area contributed by atoms with Gasteiger partial charge in [-0.15, -0.1) is 0 Å². The first-order valence-electron chi connectivity index (χ1n) is 12.5.